The molecule has 0 saturated heterocycles. The lowest BCUT2D eigenvalue weighted by Gasteiger charge is -2.04. The molecule has 4 nitrogen and oxygen atoms in total. The van der Waals surface area contributed by atoms with Crippen LogP contribution < -0.4 is 5.32 Å². The Bertz CT molecular complexity index is 765. The summed E-state index contributed by atoms with van der Waals surface area (Å²) in [6, 6.07) is 10.6. The number of pyridine rings is 1. The van der Waals surface area contributed by atoms with Crippen LogP contribution in [-0.4, -0.2) is 22.4 Å². The number of para-hydroxylation sites is 1. The molecule has 2 heterocycles. The van der Waals surface area contributed by atoms with Crippen LogP contribution >= 0.6 is 0 Å². The zero-order valence-corrected chi connectivity index (χ0v) is 11.3. The van der Waals surface area contributed by atoms with Crippen LogP contribution in [0.1, 0.15) is 16.1 Å². The molecule has 0 aliphatic rings. The molecule has 0 radical (unpaired) electrons. The molecule has 0 bridgehead atoms. The van der Waals surface area contributed by atoms with E-state index in [-0.39, 0.29) is 11.6 Å². The zero-order valence-electron chi connectivity index (χ0n) is 11.3. The van der Waals surface area contributed by atoms with Crippen LogP contribution in [0.15, 0.2) is 48.8 Å². The minimum absolute atomic E-state index is 0.218. The van der Waals surface area contributed by atoms with Gasteiger partial charge in [0.25, 0.3) is 5.91 Å². The third kappa shape index (κ3) is 2.91. The Morgan fingerprint density at radius 1 is 1.24 bits per heavy atom. The van der Waals surface area contributed by atoms with Gasteiger partial charge >= 0.3 is 0 Å². The first-order valence-corrected chi connectivity index (χ1v) is 6.69. The zero-order chi connectivity index (χ0) is 14.7. The number of nitrogens with one attached hydrogen (secondary N) is 2. The molecule has 0 aliphatic carbocycles. The van der Waals surface area contributed by atoms with Crippen molar-refractivity contribution >= 4 is 16.8 Å². The van der Waals surface area contributed by atoms with Gasteiger partial charge in [-0.05, 0) is 30.2 Å². The average Bonchev–Trinajstić information content (AvgIpc) is 2.91. The molecule has 0 unspecified atom stereocenters. The first kappa shape index (κ1) is 13.3. The molecule has 2 aromatic heterocycles. The Hall–Kier alpha value is -2.69. The van der Waals surface area contributed by atoms with Crippen LogP contribution in [0, 0.1) is 5.82 Å². The molecule has 0 spiro atoms. The van der Waals surface area contributed by atoms with Crippen molar-refractivity contribution in [2.24, 2.45) is 0 Å². The molecular formula is C16H14FN3O. The maximum Gasteiger partial charge on any atom is 0.269 e. The molecule has 0 aliphatic heterocycles. The van der Waals surface area contributed by atoms with Gasteiger partial charge in [-0.15, -0.1) is 0 Å². The fraction of sp³-hybridized carbons (Fsp3) is 0.125. The standard InChI is InChI=1S/C16H14FN3O/c17-12-5-6-15(20-10-12)16(21)18-8-7-11-9-19-14-4-2-1-3-13(11)14/h1-6,9-10,19H,7-8H2,(H,18,21). The van der Waals surface area contributed by atoms with Gasteiger partial charge in [0.15, 0.2) is 0 Å². The summed E-state index contributed by atoms with van der Waals surface area (Å²) in [6.45, 7) is 0.500. The van der Waals surface area contributed by atoms with Crippen LogP contribution in [0.2, 0.25) is 0 Å². The predicted octanol–water partition coefficient (Wildman–Crippen LogP) is 2.67. The minimum Gasteiger partial charge on any atom is -0.361 e. The van der Waals surface area contributed by atoms with E-state index >= 15 is 0 Å². The van der Waals surface area contributed by atoms with Crippen molar-refractivity contribution in [1.82, 2.24) is 15.3 Å². The number of hydrogen-bond acceptors (Lipinski definition) is 2. The number of fused-ring (bicyclic) bond motifs is 1. The summed E-state index contributed by atoms with van der Waals surface area (Å²) in [5.41, 5.74) is 2.45. The Kier molecular flexibility index (Phi) is 3.64. The van der Waals surface area contributed by atoms with Crippen molar-refractivity contribution in [3.05, 3.63) is 65.9 Å². The number of H-pyrrole nitrogens is 1. The molecule has 3 aromatic rings. The SMILES string of the molecule is O=C(NCCc1c[nH]c2ccccc12)c1ccc(F)cn1. The number of hydrogen-bond donors (Lipinski definition) is 2. The van der Waals surface area contributed by atoms with E-state index in [4.69, 9.17) is 0 Å². The second kappa shape index (κ2) is 5.75. The monoisotopic (exact) mass is 283 g/mol. The molecule has 1 aromatic carbocycles. The first-order chi connectivity index (χ1) is 10.2. The van der Waals surface area contributed by atoms with Gasteiger partial charge in [0.1, 0.15) is 11.5 Å². The van der Waals surface area contributed by atoms with Gasteiger partial charge in [-0.2, -0.15) is 0 Å². The molecule has 21 heavy (non-hydrogen) atoms. The first-order valence-electron chi connectivity index (χ1n) is 6.69. The molecule has 0 atom stereocenters. The van der Waals surface area contributed by atoms with Gasteiger partial charge in [0, 0.05) is 23.6 Å². The normalized spacial score (nSPS) is 10.7. The number of benzene rings is 1. The number of carbonyl (C=O) groups is 1. The van der Waals surface area contributed by atoms with Crippen molar-refractivity contribution < 1.29 is 9.18 Å². The number of amides is 1. The third-order valence-corrected chi connectivity index (χ3v) is 3.31. The van der Waals surface area contributed by atoms with E-state index in [1.165, 1.54) is 12.1 Å². The molecule has 0 fully saturated rings. The Balaban J connectivity index is 1.61. The van der Waals surface area contributed by atoms with Gasteiger partial charge in [-0.1, -0.05) is 18.2 Å². The Morgan fingerprint density at radius 3 is 2.90 bits per heavy atom. The van der Waals surface area contributed by atoms with Crippen molar-refractivity contribution in [3.63, 3.8) is 0 Å². The van der Waals surface area contributed by atoms with Gasteiger partial charge in [0.2, 0.25) is 0 Å². The molecule has 1 amide bonds. The lowest BCUT2D eigenvalue weighted by molar-refractivity contribution is 0.0949. The fourth-order valence-corrected chi connectivity index (χ4v) is 2.25. The van der Waals surface area contributed by atoms with Crippen molar-refractivity contribution in [2.75, 3.05) is 6.54 Å². The van der Waals surface area contributed by atoms with Gasteiger partial charge < -0.3 is 10.3 Å². The van der Waals surface area contributed by atoms with E-state index in [0.717, 1.165) is 29.1 Å². The summed E-state index contributed by atoms with van der Waals surface area (Å²) in [6.07, 6.45) is 3.71. The Labute approximate surface area is 121 Å². The van der Waals surface area contributed by atoms with E-state index in [1.54, 1.807) is 0 Å². The van der Waals surface area contributed by atoms with Gasteiger partial charge in [0.05, 0.1) is 6.20 Å². The molecule has 0 saturated carbocycles. The van der Waals surface area contributed by atoms with E-state index in [0.29, 0.717) is 6.54 Å². The highest BCUT2D eigenvalue weighted by molar-refractivity contribution is 5.92. The molecule has 5 heteroatoms. The number of carbonyl (C=O) groups excluding carboxylic acids is 1. The van der Waals surface area contributed by atoms with Gasteiger partial charge in [-0.3, -0.25) is 4.79 Å². The van der Waals surface area contributed by atoms with Crippen molar-refractivity contribution in [1.29, 1.82) is 0 Å². The topological polar surface area (TPSA) is 57.8 Å². The Morgan fingerprint density at radius 2 is 2.10 bits per heavy atom. The number of halogens is 1. The highest BCUT2D eigenvalue weighted by Crippen LogP contribution is 2.17. The number of aromatic amines is 1. The van der Waals surface area contributed by atoms with Crippen LogP contribution in [0.3, 0.4) is 0 Å². The second-order valence-corrected chi connectivity index (χ2v) is 4.73. The summed E-state index contributed by atoms with van der Waals surface area (Å²) in [4.78, 5) is 18.8. The van der Waals surface area contributed by atoms with E-state index in [2.05, 4.69) is 15.3 Å². The largest absolute Gasteiger partial charge is 0.361 e. The maximum atomic E-state index is 12.7. The number of aromatic nitrogens is 2. The number of rotatable bonds is 4. The number of nitrogens with zero attached hydrogens (tertiary/aromatic N) is 1. The lowest BCUT2D eigenvalue weighted by Crippen LogP contribution is -2.26. The average molecular weight is 283 g/mol. The lowest BCUT2D eigenvalue weighted by atomic mass is 10.1. The van der Waals surface area contributed by atoms with E-state index in [9.17, 15) is 9.18 Å². The fourth-order valence-electron chi connectivity index (χ4n) is 2.25. The highest BCUT2D eigenvalue weighted by Gasteiger charge is 2.07. The predicted molar refractivity (Wildman–Crippen MR) is 78.5 cm³/mol. The smallest absolute Gasteiger partial charge is 0.269 e. The maximum absolute atomic E-state index is 12.7. The molecular weight excluding hydrogens is 269 g/mol. The summed E-state index contributed by atoms with van der Waals surface area (Å²) in [7, 11) is 0. The summed E-state index contributed by atoms with van der Waals surface area (Å²) in [5.74, 6) is -0.750. The van der Waals surface area contributed by atoms with Crippen LogP contribution in [0.5, 0.6) is 0 Å². The van der Waals surface area contributed by atoms with Crippen molar-refractivity contribution in [3.8, 4) is 0 Å². The van der Waals surface area contributed by atoms with Gasteiger partial charge in [-0.25, -0.2) is 9.37 Å². The molecule has 106 valence electrons. The molecule has 3 rings (SSSR count). The summed E-state index contributed by atoms with van der Waals surface area (Å²) in [5, 5.41) is 3.94. The van der Waals surface area contributed by atoms with E-state index < -0.39 is 5.82 Å². The second-order valence-electron chi connectivity index (χ2n) is 4.73. The quantitative estimate of drug-likeness (QED) is 0.773. The summed E-state index contributed by atoms with van der Waals surface area (Å²) < 4.78 is 12.7. The van der Waals surface area contributed by atoms with Crippen molar-refractivity contribution in [2.45, 2.75) is 6.42 Å². The third-order valence-electron chi connectivity index (χ3n) is 3.31. The van der Waals surface area contributed by atoms with Crippen LogP contribution in [-0.2, 0) is 6.42 Å². The summed E-state index contributed by atoms with van der Waals surface area (Å²) >= 11 is 0. The van der Waals surface area contributed by atoms with Crippen LogP contribution in [0.4, 0.5) is 4.39 Å². The van der Waals surface area contributed by atoms with E-state index in [1.807, 2.05) is 30.5 Å². The highest BCUT2D eigenvalue weighted by atomic mass is 19.1. The van der Waals surface area contributed by atoms with Crippen LogP contribution in [0.25, 0.3) is 10.9 Å². The molecule has 2 N–H and O–H groups in total. The minimum atomic E-state index is -0.453.